The van der Waals surface area contributed by atoms with Gasteiger partial charge in [-0.2, -0.15) is 0 Å². The number of fused-ring (bicyclic) bond motifs is 1. The maximum atomic E-state index is 11.9. The summed E-state index contributed by atoms with van der Waals surface area (Å²) in [6.07, 6.45) is 2.36. The largest absolute Gasteiger partial charge is 0.504 e. The number of Topliss-reactive ketones (excluding diaryl/α,β-unsaturated/α-hetero) is 1. The molecule has 3 rings (SSSR count). The highest BCUT2D eigenvalue weighted by Crippen LogP contribution is 2.40. The Kier molecular flexibility index (Phi) is 8.98. The Balaban J connectivity index is 1.47. The predicted molar refractivity (Wildman–Crippen MR) is 127 cm³/mol. The normalized spacial score (nSPS) is 12.5. The van der Waals surface area contributed by atoms with Crippen LogP contribution in [0.4, 0.5) is 5.69 Å². The van der Waals surface area contributed by atoms with Crippen LogP contribution in [0.2, 0.25) is 0 Å². The van der Waals surface area contributed by atoms with Crippen LogP contribution in [0, 0.1) is 0 Å². The van der Waals surface area contributed by atoms with Gasteiger partial charge in [-0.3, -0.25) is 9.59 Å². The Morgan fingerprint density at radius 1 is 1.03 bits per heavy atom. The Bertz CT molecular complexity index is 1020. The van der Waals surface area contributed by atoms with Crippen LogP contribution in [0.1, 0.15) is 30.9 Å². The highest BCUT2D eigenvalue weighted by Gasteiger charge is 2.23. The van der Waals surface area contributed by atoms with E-state index in [1.54, 1.807) is 12.1 Å². The summed E-state index contributed by atoms with van der Waals surface area (Å²) in [5.41, 5.74) is 2.25. The van der Waals surface area contributed by atoms with Crippen LogP contribution in [0.5, 0.6) is 28.7 Å². The van der Waals surface area contributed by atoms with Crippen molar-refractivity contribution in [1.29, 1.82) is 0 Å². The summed E-state index contributed by atoms with van der Waals surface area (Å²) in [6, 6.07) is 7.14. The second kappa shape index (κ2) is 12.1. The molecule has 0 saturated heterocycles. The minimum absolute atomic E-state index is 0.0464. The summed E-state index contributed by atoms with van der Waals surface area (Å²) in [6.45, 7) is 3.34. The van der Waals surface area contributed by atoms with Crippen molar-refractivity contribution in [3.8, 4) is 28.7 Å². The molecule has 0 unspecified atom stereocenters. The van der Waals surface area contributed by atoms with Crippen LogP contribution in [-0.2, 0) is 22.4 Å². The molecule has 34 heavy (non-hydrogen) atoms. The highest BCUT2D eigenvalue weighted by atomic mass is 16.5. The summed E-state index contributed by atoms with van der Waals surface area (Å²) in [5.74, 6) is 1.94. The summed E-state index contributed by atoms with van der Waals surface area (Å²) in [5, 5.41) is 16.5. The minimum Gasteiger partial charge on any atom is -0.504 e. The van der Waals surface area contributed by atoms with Gasteiger partial charge in [0.25, 0.3) is 0 Å². The van der Waals surface area contributed by atoms with Gasteiger partial charge < -0.3 is 34.7 Å². The number of benzene rings is 2. The number of nitrogens with one attached hydrogen (secondary N) is 2. The fourth-order valence-electron chi connectivity index (χ4n) is 3.75. The molecule has 184 valence electrons. The van der Waals surface area contributed by atoms with Gasteiger partial charge in [-0.1, -0.05) is 6.07 Å². The first-order chi connectivity index (χ1) is 16.4. The molecule has 0 bridgehead atoms. The summed E-state index contributed by atoms with van der Waals surface area (Å²) in [7, 11) is 3.03. The van der Waals surface area contributed by atoms with E-state index >= 15 is 0 Å². The van der Waals surface area contributed by atoms with Crippen molar-refractivity contribution in [2.24, 2.45) is 0 Å². The first-order valence-corrected chi connectivity index (χ1v) is 11.3. The van der Waals surface area contributed by atoms with Crippen LogP contribution in [0.15, 0.2) is 24.3 Å². The molecule has 1 heterocycles. The lowest BCUT2D eigenvalue weighted by Crippen LogP contribution is -2.22. The van der Waals surface area contributed by atoms with Crippen molar-refractivity contribution in [3.63, 3.8) is 0 Å². The van der Waals surface area contributed by atoms with Crippen molar-refractivity contribution < 1.29 is 33.6 Å². The number of rotatable bonds is 13. The van der Waals surface area contributed by atoms with E-state index in [2.05, 4.69) is 10.6 Å². The fourth-order valence-corrected chi connectivity index (χ4v) is 3.75. The molecule has 0 fully saturated rings. The molecular weight excluding hydrogens is 440 g/mol. The molecule has 0 saturated carbocycles. The van der Waals surface area contributed by atoms with Crippen molar-refractivity contribution in [1.82, 2.24) is 5.32 Å². The Hall–Kier alpha value is -3.46. The van der Waals surface area contributed by atoms with Gasteiger partial charge in [0.1, 0.15) is 18.1 Å². The van der Waals surface area contributed by atoms with E-state index in [4.69, 9.17) is 18.9 Å². The molecule has 0 radical (unpaired) electrons. The molecule has 0 atom stereocenters. The monoisotopic (exact) mass is 472 g/mol. The molecule has 9 nitrogen and oxygen atoms in total. The zero-order valence-electron chi connectivity index (χ0n) is 19.9. The summed E-state index contributed by atoms with van der Waals surface area (Å²) in [4.78, 5) is 23.1. The van der Waals surface area contributed by atoms with E-state index in [9.17, 15) is 14.7 Å². The first kappa shape index (κ1) is 25.2. The number of ketones is 1. The van der Waals surface area contributed by atoms with Crippen LogP contribution in [-0.4, -0.2) is 57.3 Å². The molecule has 0 aromatic heterocycles. The number of anilines is 1. The van der Waals surface area contributed by atoms with Gasteiger partial charge in [0.2, 0.25) is 11.7 Å². The van der Waals surface area contributed by atoms with Gasteiger partial charge in [-0.25, -0.2) is 0 Å². The average molecular weight is 473 g/mol. The third-order valence-corrected chi connectivity index (χ3v) is 5.46. The number of carbonyl (C=O) groups is 2. The number of aromatic hydroxyl groups is 1. The smallest absolute Gasteiger partial charge is 0.224 e. The molecule has 3 N–H and O–H groups in total. The van der Waals surface area contributed by atoms with E-state index in [1.165, 1.54) is 21.1 Å². The van der Waals surface area contributed by atoms with E-state index in [1.807, 2.05) is 12.1 Å². The quantitative estimate of drug-likeness (QED) is 0.381. The molecular formula is C25H32N2O7. The van der Waals surface area contributed by atoms with Crippen LogP contribution < -0.4 is 29.6 Å². The van der Waals surface area contributed by atoms with E-state index in [0.717, 1.165) is 24.1 Å². The number of phenolic OH excluding ortho intramolecular Hbond substituents is 1. The number of methoxy groups -OCH3 is 2. The number of hydrogen-bond donors (Lipinski definition) is 3. The number of phenols is 1. The summed E-state index contributed by atoms with van der Waals surface area (Å²) >= 11 is 0. The number of ether oxygens (including phenoxy) is 4. The first-order valence-electron chi connectivity index (χ1n) is 11.3. The van der Waals surface area contributed by atoms with Gasteiger partial charge in [0, 0.05) is 12.0 Å². The lowest BCUT2D eigenvalue weighted by atomic mass is 10.0. The molecule has 0 aliphatic carbocycles. The maximum absolute atomic E-state index is 11.9. The minimum atomic E-state index is -0.0925. The number of hydrogen-bond acceptors (Lipinski definition) is 8. The van der Waals surface area contributed by atoms with Crippen molar-refractivity contribution in [2.75, 3.05) is 45.8 Å². The number of amides is 1. The third-order valence-electron chi connectivity index (χ3n) is 5.46. The van der Waals surface area contributed by atoms with Crippen molar-refractivity contribution >= 4 is 17.4 Å². The molecule has 9 heteroatoms. The fraction of sp³-hybridized carbons (Fsp3) is 0.440. The van der Waals surface area contributed by atoms with Crippen molar-refractivity contribution in [2.45, 2.75) is 32.6 Å². The zero-order valence-corrected chi connectivity index (χ0v) is 19.9. The van der Waals surface area contributed by atoms with Crippen molar-refractivity contribution in [3.05, 3.63) is 35.4 Å². The standard InChI is InChI=1S/C25H32N2O7/c1-16(28)15-34-20-9-8-19(18-6-10-22(29)27-23(18)20)33-14-4-12-26-13-11-17-5-7-21(31-2)25(32-3)24(17)30/h5,7-9,26,30H,4,6,10-15H2,1-3H3,(H,27,29). The molecule has 0 spiro atoms. The lowest BCUT2D eigenvalue weighted by Gasteiger charge is -2.23. The Morgan fingerprint density at radius 2 is 1.79 bits per heavy atom. The molecule has 2 aromatic rings. The van der Waals surface area contributed by atoms with Gasteiger partial charge in [-0.15, -0.1) is 0 Å². The van der Waals surface area contributed by atoms with E-state index in [0.29, 0.717) is 61.1 Å². The third kappa shape index (κ3) is 6.32. The molecule has 1 aliphatic heterocycles. The van der Waals surface area contributed by atoms with Gasteiger partial charge in [0.15, 0.2) is 17.3 Å². The average Bonchev–Trinajstić information content (AvgIpc) is 2.82. The Labute approximate surface area is 199 Å². The number of carbonyl (C=O) groups excluding carboxylic acids is 2. The van der Waals surface area contributed by atoms with Crippen LogP contribution >= 0.6 is 0 Å². The molecule has 2 aromatic carbocycles. The SMILES string of the molecule is COc1ccc(CCNCCCOc2ccc(OCC(C)=O)c3c2CCC(=O)N3)c(O)c1OC. The van der Waals surface area contributed by atoms with Crippen LogP contribution in [0.3, 0.4) is 0 Å². The van der Waals surface area contributed by atoms with E-state index < -0.39 is 0 Å². The highest BCUT2D eigenvalue weighted by molar-refractivity contribution is 5.96. The topological polar surface area (TPSA) is 115 Å². The van der Waals surface area contributed by atoms with E-state index in [-0.39, 0.29) is 24.0 Å². The summed E-state index contributed by atoms with van der Waals surface area (Å²) < 4.78 is 21.9. The van der Waals surface area contributed by atoms with Crippen LogP contribution in [0.25, 0.3) is 0 Å². The maximum Gasteiger partial charge on any atom is 0.224 e. The second-order valence-corrected chi connectivity index (χ2v) is 7.97. The molecule has 1 amide bonds. The van der Waals surface area contributed by atoms with Gasteiger partial charge in [-0.05, 0) is 63.0 Å². The zero-order chi connectivity index (χ0) is 24.5. The lowest BCUT2D eigenvalue weighted by molar-refractivity contribution is -0.119. The van der Waals surface area contributed by atoms with Gasteiger partial charge >= 0.3 is 0 Å². The molecule has 1 aliphatic rings. The Morgan fingerprint density at radius 3 is 2.53 bits per heavy atom. The second-order valence-electron chi connectivity index (χ2n) is 7.97. The van der Waals surface area contributed by atoms with Gasteiger partial charge in [0.05, 0.1) is 26.5 Å². The predicted octanol–water partition coefficient (Wildman–Crippen LogP) is 2.86.